The van der Waals surface area contributed by atoms with Crippen molar-refractivity contribution in [3.05, 3.63) is 29.3 Å². The van der Waals surface area contributed by atoms with Crippen LogP contribution >= 0.6 is 0 Å². The van der Waals surface area contributed by atoms with Gasteiger partial charge in [0.15, 0.2) is 0 Å². The van der Waals surface area contributed by atoms with Crippen LogP contribution in [0.1, 0.15) is 30.1 Å². The molecule has 0 bridgehead atoms. The van der Waals surface area contributed by atoms with E-state index >= 15 is 0 Å². The number of rotatable bonds is 5. The highest BCUT2D eigenvalue weighted by Gasteiger charge is 2.23. The largest absolute Gasteiger partial charge is 0.342 e. The van der Waals surface area contributed by atoms with Gasteiger partial charge < -0.3 is 4.90 Å². The summed E-state index contributed by atoms with van der Waals surface area (Å²) in [6.07, 6.45) is 1.55. The summed E-state index contributed by atoms with van der Waals surface area (Å²) in [5.41, 5.74) is -0.519. The number of carbonyl (C=O) groups is 1. The van der Waals surface area contributed by atoms with E-state index in [2.05, 4.69) is 0 Å². The molecule has 0 spiro atoms. The van der Waals surface area contributed by atoms with Crippen molar-refractivity contribution in [1.29, 1.82) is 0 Å². The summed E-state index contributed by atoms with van der Waals surface area (Å²) >= 11 is 0. The van der Waals surface area contributed by atoms with Gasteiger partial charge in [-0.3, -0.25) is 4.79 Å². The number of sulfonamides is 1. The van der Waals surface area contributed by atoms with Gasteiger partial charge in [-0.1, -0.05) is 13.3 Å². The summed E-state index contributed by atoms with van der Waals surface area (Å²) in [5, 5.41) is 4.82. The number of unbranched alkanes of at least 4 members (excludes halogenated alkanes) is 1. The fourth-order valence-corrected chi connectivity index (χ4v) is 2.23. The molecule has 0 fully saturated rings. The molecule has 1 aromatic carbocycles. The van der Waals surface area contributed by atoms with Gasteiger partial charge in [0.1, 0.15) is 16.5 Å². The number of amides is 1. The smallest absolute Gasteiger partial charge is 0.256 e. The van der Waals surface area contributed by atoms with Gasteiger partial charge in [0.05, 0.1) is 5.56 Å². The third kappa shape index (κ3) is 3.73. The van der Waals surface area contributed by atoms with Crippen molar-refractivity contribution >= 4 is 15.9 Å². The van der Waals surface area contributed by atoms with Gasteiger partial charge in [0, 0.05) is 19.7 Å². The van der Waals surface area contributed by atoms with E-state index in [1.165, 1.54) is 11.9 Å². The van der Waals surface area contributed by atoms with Crippen LogP contribution in [-0.4, -0.2) is 32.8 Å². The molecule has 112 valence electrons. The Morgan fingerprint density at radius 2 is 1.90 bits per heavy atom. The zero-order chi connectivity index (χ0) is 15.5. The lowest BCUT2D eigenvalue weighted by molar-refractivity contribution is 0.0788. The predicted molar refractivity (Wildman–Crippen MR) is 69.6 cm³/mol. The van der Waals surface area contributed by atoms with Crippen molar-refractivity contribution in [2.45, 2.75) is 24.7 Å². The number of hydrogen-bond donors (Lipinski definition) is 1. The molecule has 0 radical (unpaired) electrons. The van der Waals surface area contributed by atoms with Gasteiger partial charge in [-0.05, 0) is 12.5 Å². The summed E-state index contributed by atoms with van der Waals surface area (Å²) < 4.78 is 49.3. The van der Waals surface area contributed by atoms with Crippen LogP contribution in [0.4, 0.5) is 8.78 Å². The number of benzene rings is 1. The molecule has 1 aromatic rings. The molecule has 1 amide bonds. The van der Waals surface area contributed by atoms with Gasteiger partial charge in [0.2, 0.25) is 10.0 Å². The van der Waals surface area contributed by atoms with Crippen molar-refractivity contribution in [3.8, 4) is 0 Å². The molecular formula is C12H16F2N2O3S. The maximum atomic E-state index is 13.6. The first-order valence-electron chi connectivity index (χ1n) is 5.95. The predicted octanol–water partition coefficient (Wildman–Crippen LogP) is 1.48. The van der Waals surface area contributed by atoms with Crippen molar-refractivity contribution < 1.29 is 22.0 Å². The zero-order valence-electron chi connectivity index (χ0n) is 11.2. The summed E-state index contributed by atoms with van der Waals surface area (Å²) in [7, 11) is -2.91. The summed E-state index contributed by atoms with van der Waals surface area (Å²) in [4.78, 5) is 12.3. The van der Waals surface area contributed by atoms with Crippen molar-refractivity contribution in [1.82, 2.24) is 4.90 Å². The standard InChI is InChI=1S/C12H16F2N2O3S/c1-3-4-5-16(2)12(17)8-6-11(20(15,18)19)10(14)7-9(8)13/h6-7H,3-5H2,1-2H3,(H2,15,18,19). The molecule has 8 heteroatoms. The monoisotopic (exact) mass is 306 g/mol. The van der Waals surface area contributed by atoms with Crippen molar-refractivity contribution in [2.75, 3.05) is 13.6 Å². The Hall–Kier alpha value is -1.54. The van der Waals surface area contributed by atoms with Gasteiger partial charge in [-0.25, -0.2) is 22.3 Å². The highest BCUT2D eigenvalue weighted by Crippen LogP contribution is 2.19. The number of nitrogens with two attached hydrogens (primary N) is 1. The Morgan fingerprint density at radius 1 is 1.30 bits per heavy atom. The summed E-state index contributed by atoms with van der Waals surface area (Å²) in [5.74, 6) is -3.16. The normalized spacial score (nSPS) is 11.4. The lowest BCUT2D eigenvalue weighted by Gasteiger charge is -2.17. The molecule has 0 unspecified atom stereocenters. The number of nitrogens with zero attached hydrogens (tertiary/aromatic N) is 1. The van der Waals surface area contributed by atoms with Crippen LogP contribution in [0.5, 0.6) is 0 Å². The van der Waals surface area contributed by atoms with Gasteiger partial charge in [-0.2, -0.15) is 0 Å². The second-order valence-corrected chi connectivity index (χ2v) is 5.92. The average Bonchev–Trinajstić information content (AvgIpc) is 2.33. The number of carbonyl (C=O) groups excluding carboxylic acids is 1. The zero-order valence-corrected chi connectivity index (χ0v) is 12.0. The minimum Gasteiger partial charge on any atom is -0.342 e. The van der Waals surface area contributed by atoms with Crippen LogP contribution in [0, 0.1) is 11.6 Å². The van der Waals surface area contributed by atoms with E-state index in [9.17, 15) is 22.0 Å². The van der Waals surface area contributed by atoms with Crippen LogP contribution in [-0.2, 0) is 10.0 Å². The first kappa shape index (κ1) is 16.5. The number of hydrogen-bond acceptors (Lipinski definition) is 3. The third-order valence-electron chi connectivity index (χ3n) is 2.75. The third-order valence-corrected chi connectivity index (χ3v) is 3.68. The van der Waals surface area contributed by atoms with E-state index in [0.29, 0.717) is 25.1 Å². The fourth-order valence-electron chi connectivity index (χ4n) is 1.61. The Labute approximate surface area is 116 Å². The molecule has 0 aliphatic heterocycles. The number of halogens is 2. The van der Waals surface area contributed by atoms with Crippen LogP contribution in [0.15, 0.2) is 17.0 Å². The molecule has 1 rings (SSSR count). The summed E-state index contributed by atoms with van der Waals surface area (Å²) in [6.45, 7) is 2.31. The Morgan fingerprint density at radius 3 is 2.40 bits per heavy atom. The molecule has 0 aliphatic rings. The first-order chi connectivity index (χ1) is 9.18. The first-order valence-corrected chi connectivity index (χ1v) is 7.50. The average molecular weight is 306 g/mol. The lowest BCUT2D eigenvalue weighted by Crippen LogP contribution is -2.29. The minimum atomic E-state index is -4.36. The Balaban J connectivity index is 3.22. The van der Waals surface area contributed by atoms with Gasteiger partial charge >= 0.3 is 0 Å². The molecule has 2 N–H and O–H groups in total. The fraction of sp³-hybridized carbons (Fsp3) is 0.417. The molecule has 0 saturated heterocycles. The highest BCUT2D eigenvalue weighted by atomic mass is 32.2. The molecule has 0 aromatic heterocycles. The highest BCUT2D eigenvalue weighted by molar-refractivity contribution is 7.89. The van der Waals surface area contributed by atoms with Crippen LogP contribution in [0.3, 0.4) is 0 Å². The van der Waals surface area contributed by atoms with E-state index in [1.807, 2.05) is 6.92 Å². The molecule has 0 atom stereocenters. The topological polar surface area (TPSA) is 80.5 Å². The quantitative estimate of drug-likeness (QED) is 0.895. The van der Waals surface area contributed by atoms with Crippen molar-refractivity contribution in [2.24, 2.45) is 5.14 Å². The van der Waals surface area contributed by atoms with Gasteiger partial charge in [0.25, 0.3) is 5.91 Å². The Bertz CT molecular complexity index is 617. The maximum absolute atomic E-state index is 13.6. The maximum Gasteiger partial charge on any atom is 0.256 e. The summed E-state index contributed by atoms with van der Waals surface area (Å²) in [6, 6.07) is 0.978. The van der Waals surface area contributed by atoms with E-state index in [1.54, 1.807) is 0 Å². The van der Waals surface area contributed by atoms with Gasteiger partial charge in [-0.15, -0.1) is 0 Å². The second-order valence-electron chi connectivity index (χ2n) is 4.39. The Kier molecular flexibility index (Phi) is 5.18. The van der Waals surface area contributed by atoms with Crippen LogP contribution < -0.4 is 5.14 Å². The molecule has 0 saturated carbocycles. The van der Waals surface area contributed by atoms with E-state index in [-0.39, 0.29) is 0 Å². The van der Waals surface area contributed by atoms with Crippen molar-refractivity contribution in [3.63, 3.8) is 0 Å². The molecule has 0 aliphatic carbocycles. The van der Waals surface area contributed by atoms with E-state index < -0.39 is 38.0 Å². The van der Waals surface area contributed by atoms with Crippen LogP contribution in [0.2, 0.25) is 0 Å². The van der Waals surface area contributed by atoms with E-state index in [0.717, 1.165) is 6.42 Å². The second kappa shape index (κ2) is 6.27. The lowest BCUT2D eigenvalue weighted by atomic mass is 10.1. The van der Waals surface area contributed by atoms with Crippen LogP contribution in [0.25, 0.3) is 0 Å². The number of primary sulfonamides is 1. The molecule has 0 heterocycles. The minimum absolute atomic E-state index is 0.348. The molecule has 5 nitrogen and oxygen atoms in total. The SMILES string of the molecule is CCCCN(C)C(=O)c1cc(S(N)(=O)=O)c(F)cc1F. The van der Waals surface area contributed by atoms with E-state index in [4.69, 9.17) is 5.14 Å². The molecule has 20 heavy (non-hydrogen) atoms. The molecular weight excluding hydrogens is 290 g/mol.